The summed E-state index contributed by atoms with van der Waals surface area (Å²) in [5.41, 5.74) is 4.75. The molecule has 2 aromatic carbocycles. The van der Waals surface area contributed by atoms with Crippen LogP contribution in [0.15, 0.2) is 42.5 Å². The predicted molar refractivity (Wildman–Crippen MR) is 121 cm³/mol. The first kappa shape index (κ1) is 22.5. The monoisotopic (exact) mass is 429 g/mol. The highest BCUT2D eigenvalue weighted by atomic mass is 32.2. The summed E-state index contributed by atoms with van der Waals surface area (Å²) in [5, 5.41) is 3.08. The number of anilines is 1. The Kier molecular flexibility index (Phi) is 7.28. The quantitative estimate of drug-likeness (QED) is 0.733. The highest BCUT2D eigenvalue weighted by Gasteiger charge is 2.25. The number of piperazine rings is 1. The van der Waals surface area contributed by atoms with Crippen molar-refractivity contribution in [3.63, 3.8) is 0 Å². The minimum absolute atomic E-state index is 0.111. The first-order valence-corrected chi connectivity index (χ1v) is 12.1. The molecule has 7 heteroatoms. The number of para-hydroxylation sites is 1. The second-order valence-corrected chi connectivity index (χ2v) is 9.95. The minimum atomic E-state index is -3.12. The van der Waals surface area contributed by atoms with E-state index < -0.39 is 10.0 Å². The van der Waals surface area contributed by atoms with Gasteiger partial charge in [-0.25, -0.2) is 8.42 Å². The Morgan fingerprint density at radius 2 is 1.73 bits per heavy atom. The number of nitrogens with one attached hydrogen (secondary N) is 1. The third-order valence-electron chi connectivity index (χ3n) is 5.66. The molecule has 0 aromatic heterocycles. The number of carbonyl (C=O) groups is 1. The van der Waals surface area contributed by atoms with Crippen LogP contribution in [0.4, 0.5) is 5.69 Å². The lowest BCUT2D eigenvalue weighted by Crippen LogP contribution is -2.48. The Bertz CT molecular complexity index is 997. The van der Waals surface area contributed by atoms with Gasteiger partial charge in [0.1, 0.15) is 0 Å². The number of amides is 1. The van der Waals surface area contributed by atoms with Crippen LogP contribution in [0.5, 0.6) is 0 Å². The van der Waals surface area contributed by atoms with Crippen molar-refractivity contribution in [3.8, 4) is 0 Å². The normalized spacial score (nSPS) is 15.8. The average Bonchev–Trinajstić information content (AvgIpc) is 2.75. The van der Waals surface area contributed by atoms with Crippen LogP contribution in [0.2, 0.25) is 0 Å². The number of aryl methyl sites for hydroxylation is 2. The van der Waals surface area contributed by atoms with Gasteiger partial charge in [0.05, 0.1) is 5.75 Å². The maximum atomic E-state index is 12.9. The standard InChI is InChI=1S/C23H31N3O3S/c1-4-20-10-6-8-18(3)22(20)24-23(27)21-11-7-9-19(16-21)17-25-12-14-26(15-13-25)30(28,29)5-2/h6-11,16H,4-5,12-15,17H2,1-3H3,(H,24,27). The summed E-state index contributed by atoms with van der Waals surface area (Å²) in [6, 6.07) is 13.7. The van der Waals surface area contributed by atoms with Gasteiger partial charge in [0.2, 0.25) is 10.0 Å². The lowest BCUT2D eigenvalue weighted by Gasteiger charge is -2.33. The van der Waals surface area contributed by atoms with E-state index in [0.717, 1.165) is 28.8 Å². The molecule has 1 saturated heterocycles. The number of sulfonamides is 1. The van der Waals surface area contributed by atoms with E-state index in [-0.39, 0.29) is 11.7 Å². The van der Waals surface area contributed by atoms with Gasteiger partial charge in [0.25, 0.3) is 5.91 Å². The zero-order valence-corrected chi connectivity index (χ0v) is 18.8. The molecule has 1 aliphatic heterocycles. The molecule has 1 aliphatic rings. The van der Waals surface area contributed by atoms with E-state index in [0.29, 0.717) is 38.3 Å². The molecule has 3 rings (SSSR count). The molecule has 1 heterocycles. The van der Waals surface area contributed by atoms with Crippen LogP contribution in [-0.4, -0.2) is 55.5 Å². The summed E-state index contributed by atoms with van der Waals surface area (Å²) in [4.78, 5) is 15.1. The fourth-order valence-corrected chi connectivity index (χ4v) is 4.89. The maximum absolute atomic E-state index is 12.9. The van der Waals surface area contributed by atoms with Crippen molar-refractivity contribution < 1.29 is 13.2 Å². The largest absolute Gasteiger partial charge is 0.321 e. The molecule has 0 spiro atoms. The molecule has 0 aliphatic carbocycles. The van der Waals surface area contributed by atoms with Crippen molar-refractivity contribution in [1.82, 2.24) is 9.21 Å². The molecule has 0 saturated carbocycles. The van der Waals surface area contributed by atoms with Gasteiger partial charge in [-0.2, -0.15) is 4.31 Å². The molecular weight excluding hydrogens is 398 g/mol. The van der Waals surface area contributed by atoms with Crippen LogP contribution in [-0.2, 0) is 23.0 Å². The molecule has 1 N–H and O–H groups in total. The second-order valence-electron chi connectivity index (χ2n) is 7.69. The number of hydrogen-bond donors (Lipinski definition) is 1. The lowest BCUT2D eigenvalue weighted by molar-refractivity contribution is 0.102. The number of nitrogens with zero attached hydrogens (tertiary/aromatic N) is 2. The zero-order valence-electron chi connectivity index (χ0n) is 18.0. The molecule has 0 atom stereocenters. The zero-order chi connectivity index (χ0) is 21.7. The highest BCUT2D eigenvalue weighted by molar-refractivity contribution is 7.89. The first-order valence-electron chi connectivity index (χ1n) is 10.5. The lowest BCUT2D eigenvalue weighted by atomic mass is 10.0. The minimum Gasteiger partial charge on any atom is -0.321 e. The SMILES string of the molecule is CCc1cccc(C)c1NC(=O)c1cccc(CN2CCN(S(=O)(=O)CC)CC2)c1. The van der Waals surface area contributed by atoms with Gasteiger partial charge in [-0.1, -0.05) is 37.3 Å². The maximum Gasteiger partial charge on any atom is 0.255 e. The van der Waals surface area contributed by atoms with Crippen LogP contribution < -0.4 is 5.32 Å². The van der Waals surface area contributed by atoms with Gasteiger partial charge >= 0.3 is 0 Å². The van der Waals surface area contributed by atoms with Gasteiger partial charge in [-0.3, -0.25) is 9.69 Å². The first-order chi connectivity index (χ1) is 14.3. The van der Waals surface area contributed by atoms with E-state index >= 15 is 0 Å². The molecule has 30 heavy (non-hydrogen) atoms. The van der Waals surface area contributed by atoms with Crippen LogP contribution in [0, 0.1) is 6.92 Å². The van der Waals surface area contributed by atoms with Crippen molar-refractivity contribution in [2.75, 3.05) is 37.2 Å². The van der Waals surface area contributed by atoms with Gasteiger partial charge in [-0.15, -0.1) is 0 Å². The fourth-order valence-electron chi connectivity index (χ4n) is 3.81. The van der Waals surface area contributed by atoms with Crippen molar-refractivity contribution in [3.05, 3.63) is 64.7 Å². The summed E-state index contributed by atoms with van der Waals surface area (Å²) in [5.74, 6) is 0.0323. The Hall–Kier alpha value is -2.22. The molecule has 162 valence electrons. The summed E-state index contributed by atoms with van der Waals surface area (Å²) < 4.78 is 25.6. The van der Waals surface area contributed by atoms with Gasteiger partial charge in [0, 0.05) is 44.0 Å². The van der Waals surface area contributed by atoms with Crippen LogP contribution in [0.3, 0.4) is 0 Å². The predicted octanol–water partition coefficient (Wildman–Crippen LogP) is 3.28. The van der Waals surface area contributed by atoms with E-state index in [4.69, 9.17) is 0 Å². The van der Waals surface area contributed by atoms with E-state index in [2.05, 4.69) is 17.1 Å². The third kappa shape index (κ3) is 5.28. The fraction of sp³-hybridized carbons (Fsp3) is 0.435. The van der Waals surface area contributed by atoms with Gasteiger partial charge in [-0.05, 0) is 49.1 Å². The third-order valence-corrected chi connectivity index (χ3v) is 7.54. The van der Waals surface area contributed by atoms with Crippen LogP contribution in [0.1, 0.15) is 40.9 Å². The van der Waals surface area contributed by atoms with E-state index in [1.807, 2.05) is 49.4 Å². The molecule has 0 unspecified atom stereocenters. The summed E-state index contributed by atoms with van der Waals surface area (Å²) >= 11 is 0. The molecule has 2 aromatic rings. The average molecular weight is 430 g/mol. The van der Waals surface area contributed by atoms with Crippen molar-refractivity contribution >= 4 is 21.6 Å². The molecule has 1 amide bonds. The van der Waals surface area contributed by atoms with Crippen molar-refractivity contribution in [1.29, 1.82) is 0 Å². The van der Waals surface area contributed by atoms with E-state index in [1.54, 1.807) is 11.2 Å². The Morgan fingerprint density at radius 3 is 2.40 bits per heavy atom. The van der Waals surface area contributed by atoms with E-state index in [1.165, 1.54) is 0 Å². The number of carbonyl (C=O) groups excluding carboxylic acids is 1. The van der Waals surface area contributed by atoms with Crippen LogP contribution in [0.25, 0.3) is 0 Å². The Balaban J connectivity index is 1.65. The number of rotatable bonds is 7. The smallest absolute Gasteiger partial charge is 0.255 e. The van der Waals surface area contributed by atoms with Crippen molar-refractivity contribution in [2.24, 2.45) is 0 Å². The summed E-state index contributed by atoms with van der Waals surface area (Å²) in [6.07, 6.45) is 0.858. The molecule has 0 radical (unpaired) electrons. The van der Waals surface area contributed by atoms with Crippen LogP contribution >= 0.6 is 0 Å². The molecule has 0 bridgehead atoms. The Morgan fingerprint density at radius 1 is 1.03 bits per heavy atom. The highest BCUT2D eigenvalue weighted by Crippen LogP contribution is 2.22. The second kappa shape index (κ2) is 9.73. The molecule has 1 fully saturated rings. The van der Waals surface area contributed by atoms with Crippen molar-refractivity contribution in [2.45, 2.75) is 33.7 Å². The Labute approximate surface area is 179 Å². The number of benzene rings is 2. The summed E-state index contributed by atoms with van der Waals surface area (Å²) in [7, 11) is -3.12. The van der Waals surface area contributed by atoms with E-state index in [9.17, 15) is 13.2 Å². The topological polar surface area (TPSA) is 69.7 Å². The molecule has 6 nitrogen and oxygen atoms in total. The summed E-state index contributed by atoms with van der Waals surface area (Å²) in [6.45, 7) is 8.88. The number of hydrogen-bond acceptors (Lipinski definition) is 4. The molecular formula is C23H31N3O3S. The van der Waals surface area contributed by atoms with Gasteiger partial charge < -0.3 is 5.32 Å². The van der Waals surface area contributed by atoms with Gasteiger partial charge in [0.15, 0.2) is 0 Å².